The Kier molecular flexibility index (Phi) is 5.55. The fourth-order valence-electron chi connectivity index (χ4n) is 3.75. The quantitative estimate of drug-likeness (QED) is 0.922. The first-order chi connectivity index (χ1) is 11.2. The molecule has 4 nitrogen and oxygen atoms in total. The van der Waals surface area contributed by atoms with E-state index in [4.69, 9.17) is 0 Å². The Hall–Kier alpha value is -1.55. The summed E-state index contributed by atoms with van der Waals surface area (Å²) in [7, 11) is 0. The molecule has 2 fully saturated rings. The van der Waals surface area contributed by atoms with E-state index in [-0.39, 0.29) is 6.03 Å². The van der Waals surface area contributed by atoms with Crippen LogP contribution in [0.25, 0.3) is 0 Å². The molecule has 126 valence electrons. The first-order valence-electron chi connectivity index (χ1n) is 9.05. The van der Waals surface area contributed by atoms with Crippen molar-refractivity contribution in [3.05, 3.63) is 29.8 Å². The Morgan fingerprint density at radius 1 is 1.13 bits per heavy atom. The van der Waals surface area contributed by atoms with Gasteiger partial charge in [-0.25, -0.2) is 4.79 Å². The van der Waals surface area contributed by atoms with Crippen molar-refractivity contribution in [3.63, 3.8) is 0 Å². The zero-order valence-electron chi connectivity index (χ0n) is 14.3. The van der Waals surface area contributed by atoms with E-state index in [1.807, 2.05) is 36.1 Å². The molecule has 0 aliphatic carbocycles. The molecule has 3 rings (SSSR count). The van der Waals surface area contributed by atoms with E-state index in [1.165, 1.54) is 44.5 Å². The van der Waals surface area contributed by atoms with Crippen LogP contribution in [-0.2, 0) is 0 Å². The average molecular weight is 315 g/mol. The van der Waals surface area contributed by atoms with Gasteiger partial charge in [0.15, 0.2) is 0 Å². The van der Waals surface area contributed by atoms with E-state index < -0.39 is 0 Å². The van der Waals surface area contributed by atoms with Crippen LogP contribution in [0.2, 0.25) is 0 Å². The Balaban J connectivity index is 1.43. The maximum atomic E-state index is 12.4. The number of urea groups is 1. The maximum absolute atomic E-state index is 12.4. The molecule has 0 saturated carbocycles. The van der Waals surface area contributed by atoms with Gasteiger partial charge >= 0.3 is 6.03 Å². The number of hydrogen-bond donors (Lipinski definition) is 1. The lowest BCUT2D eigenvalue weighted by Crippen LogP contribution is -2.44. The standard InChI is InChI=1S/C19H29N3O/c1-16-6-5-7-18(14-16)20-19(23)22-12-8-17(9-13-22)15-21-10-3-2-4-11-21/h5-7,14,17H,2-4,8-13,15H2,1H3,(H,20,23). The number of carbonyl (C=O) groups is 1. The molecule has 1 N–H and O–H groups in total. The molecule has 2 aliphatic heterocycles. The molecular formula is C19H29N3O. The van der Waals surface area contributed by atoms with Gasteiger partial charge in [0.25, 0.3) is 0 Å². The zero-order valence-corrected chi connectivity index (χ0v) is 14.3. The number of rotatable bonds is 3. The first-order valence-corrected chi connectivity index (χ1v) is 9.05. The van der Waals surface area contributed by atoms with E-state index in [0.29, 0.717) is 0 Å². The van der Waals surface area contributed by atoms with Gasteiger partial charge in [-0.2, -0.15) is 0 Å². The van der Waals surface area contributed by atoms with E-state index in [9.17, 15) is 4.79 Å². The molecule has 0 bridgehead atoms. The van der Waals surface area contributed by atoms with Gasteiger partial charge < -0.3 is 15.1 Å². The van der Waals surface area contributed by atoms with Crippen molar-refractivity contribution in [1.82, 2.24) is 9.80 Å². The minimum Gasteiger partial charge on any atom is -0.325 e. The van der Waals surface area contributed by atoms with Gasteiger partial charge in [-0.05, 0) is 69.3 Å². The molecule has 1 aromatic carbocycles. The van der Waals surface area contributed by atoms with Crippen LogP contribution < -0.4 is 5.32 Å². The van der Waals surface area contributed by atoms with Crippen LogP contribution in [0.1, 0.15) is 37.7 Å². The fraction of sp³-hybridized carbons (Fsp3) is 0.632. The Bertz CT molecular complexity index is 517. The lowest BCUT2D eigenvalue weighted by atomic mass is 9.95. The number of aryl methyl sites for hydroxylation is 1. The predicted molar refractivity (Wildman–Crippen MR) is 94.8 cm³/mol. The zero-order chi connectivity index (χ0) is 16.1. The van der Waals surface area contributed by atoms with Crippen molar-refractivity contribution in [2.45, 2.75) is 39.0 Å². The SMILES string of the molecule is Cc1cccc(NC(=O)N2CCC(CN3CCCCC3)CC2)c1. The Morgan fingerprint density at radius 2 is 1.87 bits per heavy atom. The van der Waals surface area contributed by atoms with Crippen LogP contribution in [0.4, 0.5) is 10.5 Å². The predicted octanol–water partition coefficient (Wildman–Crippen LogP) is 3.72. The summed E-state index contributed by atoms with van der Waals surface area (Å²) in [6.07, 6.45) is 6.39. The second-order valence-corrected chi connectivity index (χ2v) is 7.09. The van der Waals surface area contributed by atoms with E-state index in [0.717, 1.165) is 37.5 Å². The smallest absolute Gasteiger partial charge is 0.321 e. The highest BCUT2D eigenvalue weighted by Gasteiger charge is 2.24. The average Bonchev–Trinajstić information content (AvgIpc) is 2.56. The van der Waals surface area contributed by atoms with Gasteiger partial charge in [-0.3, -0.25) is 0 Å². The number of nitrogens with zero attached hydrogens (tertiary/aromatic N) is 2. The maximum Gasteiger partial charge on any atom is 0.321 e. The molecule has 2 heterocycles. The number of anilines is 1. The van der Waals surface area contributed by atoms with E-state index >= 15 is 0 Å². The molecule has 2 saturated heterocycles. The monoisotopic (exact) mass is 315 g/mol. The highest BCUT2D eigenvalue weighted by Crippen LogP contribution is 2.21. The van der Waals surface area contributed by atoms with Crippen LogP contribution in [-0.4, -0.2) is 48.6 Å². The van der Waals surface area contributed by atoms with Gasteiger partial charge in [0.05, 0.1) is 0 Å². The summed E-state index contributed by atoms with van der Waals surface area (Å²) < 4.78 is 0. The molecule has 1 aromatic rings. The van der Waals surface area contributed by atoms with Crippen molar-refractivity contribution in [1.29, 1.82) is 0 Å². The second kappa shape index (κ2) is 7.82. The molecular weight excluding hydrogens is 286 g/mol. The highest BCUT2D eigenvalue weighted by atomic mass is 16.2. The number of hydrogen-bond acceptors (Lipinski definition) is 2. The molecule has 0 spiro atoms. The largest absolute Gasteiger partial charge is 0.325 e. The van der Waals surface area contributed by atoms with E-state index in [1.54, 1.807) is 0 Å². The summed E-state index contributed by atoms with van der Waals surface area (Å²) in [5, 5.41) is 3.03. The number of carbonyl (C=O) groups excluding carboxylic acids is 1. The molecule has 0 atom stereocenters. The van der Waals surface area contributed by atoms with Crippen LogP contribution in [0.3, 0.4) is 0 Å². The van der Waals surface area contributed by atoms with Crippen molar-refractivity contribution < 1.29 is 4.79 Å². The summed E-state index contributed by atoms with van der Waals surface area (Å²) in [5.41, 5.74) is 2.06. The molecule has 2 amide bonds. The summed E-state index contributed by atoms with van der Waals surface area (Å²) >= 11 is 0. The minimum atomic E-state index is 0.0482. The number of benzene rings is 1. The lowest BCUT2D eigenvalue weighted by molar-refractivity contribution is 0.142. The third-order valence-electron chi connectivity index (χ3n) is 5.14. The van der Waals surface area contributed by atoms with Crippen molar-refractivity contribution in [2.24, 2.45) is 5.92 Å². The second-order valence-electron chi connectivity index (χ2n) is 7.09. The van der Waals surface area contributed by atoms with Crippen LogP contribution in [0.5, 0.6) is 0 Å². The molecule has 0 unspecified atom stereocenters. The third kappa shape index (κ3) is 4.71. The number of amides is 2. The van der Waals surface area contributed by atoms with E-state index in [2.05, 4.69) is 10.2 Å². The topological polar surface area (TPSA) is 35.6 Å². The van der Waals surface area contributed by atoms with Gasteiger partial charge in [-0.15, -0.1) is 0 Å². The Morgan fingerprint density at radius 3 is 2.57 bits per heavy atom. The normalized spacial score (nSPS) is 20.5. The Labute approximate surface area is 139 Å². The molecule has 0 aromatic heterocycles. The summed E-state index contributed by atoms with van der Waals surface area (Å²) in [6, 6.07) is 8.04. The highest BCUT2D eigenvalue weighted by molar-refractivity contribution is 5.89. The van der Waals surface area contributed by atoms with Crippen molar-refractivity contribution in [2.75, 3.05) is 38.0 Å². The molecule has 0 radical (unpaired) electrons. The van der Waals surface area contributed by atoms with Gasteiger partial charge in [0.1, 0.15) is 0 Å². The van der Waals surface area contributed by atoms with Crippen molar-refractivity contribution >= 4 is 11.7 Å². The number of likely N-dealkylation sites (tertiary alicyclic amines) is 2. The fourth-order valence-corrected chi connectivity index (χ4v) is 3.75. The minimum absolute atomic E-state index is 0.0482. The molecule has 2 aliphatic rings. The molecule has 23 heavy (non-hydrogen) atoms. The number of piperidine rings is 2. The lowest BCUT2D eigenvalue weighted by Gasteiger charge is -2.36. The summed E-state index contributed by atoms with van der Waals surface area (Å²) in [4.78, 5) is 17.0. The van der Waals surface area contributed by atoms with Gasteiger partial charge in [0, 0.05) is 25.3 Å². The van der Waals surface area contributed by atoms with Gasteiger partial charge in [0.2, 0.25) is 0 Å². The third-order valence-corrected chi connectivity index (χ3v) is 5.14. The van der Waals surface area contributed by atoms with Gasteiger partial charge in [-0.1, -0.05) is 18.6 Å². The summed E-state index contributed by atoms with van der Waals surface area (Å²) in [5.74, 6) is 0.760. The molecule has 4 heteroatoms. The summed E-state index contributed by atoms with van der Waals surface area (Å²) in [6.45, 7) is 7.59. The van der Waals surface area contributed by atoms with Crippen LogP contribution >= 0.6 is 0 Å². The van der Waals surface area contributed by atoms with Crippen LogP contribution in [0, 0.1) is 12.8 Å². The number of nitrogens with one attached hydrogen (secondary N) is 1. The first kappa shape index (κ1) is 16.3. The van der Waals surface area contributed by atoms with Crippen LogP contribution in [0.15, 0.2) is 24.3 Å². The van der Waals surface area contributed by atoms with Crippen molar-refractivity contribution in [3.8, 4) is 0 Å².